The number of hydrogen-bond acceptors (Lipinski definition) is 7. The molecule has 5 heterocycles. The molecule has 40 heavy (non-hydrogen) atoms. The first kappa shape index (κ1) is 24.7. The number of carbonyl (C=O) groups is 1. The molecule has 2 aliphatic heterocycles. The van der Waals surface area contributed by atoms with E-state index in [-0.39, 0.29) is 5.91 Å². The summed E-state index contributed by atoms with van der Waals surface area (Å²) in [6, 6.07) is 16.3. The number of benzene rings is 2. The molecule has 0 radical (unpaired) electrons. The Balaban J connectivity index is 1.29. The number of H-pyrrole nitrogens is 1. The van der Waals surface area contributed by atoms with E-state index in [2.05, 4.69) is 51.7 Å². The number of nitrogens with zero attached hydrogens (tertiary/aromatic N) is 4. The third-order valence-electron chi connectivity index (χ3n) is 7.92. The molecular weight excluding hydrogens is 502 g/mol. The van der Waals surface area contributed by atoms with Gasteiger partial charge in [-0.2, -0.15) is 0 Å². The number of para-hydroxylation sites is 1. The number of rotatable bonds is 6. The van der Waals surface area contributed by atoms with Crippen LogP contribution in [0, 0.1) is 0 Å². The van der Waals surface area contributed by atoms with Gasteiger partial charge in [-0.1, -0.05) is 30.3 Å². The van der Waals surface area contributed by atoms with Gasteiger partial charge in [0.15, 0.2) is 0 Å². The van der Waals surface area contributed by atoms with Crippen LogP contribution in [0.25, 0.3) is 33.2 Å². The number of carbonyl (C=O) groups excluding carboxylic acids is 1. The van der Waals surface area contributed by atoms with Crippen molar-refractivity contribution in [3.63, 3.8) is 0 Å². The number of ether oxygens (including phenoxy) is 1. The first-order valence-corrected chi connectivity index (χ1v) is 13.7. The van der Waals surface area contributed by atoms with E-state index in [4.69, 9.17) is 14.7 Å². The molecular formula is C31H31N7O2. The van der Waals surface area contributed by atoms with Crippen molar-refractivity contribution >= 4 is 39.3 Å². The fraction of sp³-hybridized carbons (Fsp3) is 0.290. The van der Waals surface area contributed by atoms with Crippen LogP contribution < -0.4 is 10.6 Å². The van der Waals surface area contributed by atoms with Crippen molar-refractivity contribution < 1.29 is 9.53 Å². The zero-order valence-electron chi connectivity index (χ0n) is 22.6. The van der Waals surface area contributed by atoms with Gasteiger partial charge in [-0.25, -0.2) is 15.0 Å². The summed E-state index contributed by atoms with van der Waals surface area (Å²) >= 11 is 0. The van der Waals surface area contributed by atoms with Gasteiger partial charge in [0.2, 0.25) is 0 Å². The Morgan fingerprint density at radius 1 is 1.05 bits per heavy atom. The van der Waals surface area contributed by atoms with Crippen LogP contribution in [0.2, 0.25) is 0 Å². The minimum atomic E-state index is -0.101. The maximum Gasteiger partial charge on any atom is 0.254 e. The van der Waals surface area contributed by atoms with Crippen LogP contribution in [-0.4, -0.2) is 58.1 Å². The fourth-order valence-corrected chi connectivity index (χ4v) is 6.08. The zero-order valence-corrected chi connectivity index (χ0v) is 22.6. The van der Waals surface area contributed by atoms with Crippen molar-refractivity contribution in [2.45, 2.75) is 31.8 Å². The molecule has 2 aliphatic rings. The summed E-state index contributed by atoms with van der Waals surface area (Å²) in [7, 11) is 4.12. The van der Waals surface area contributed by atoms with E-state index in [1.165, 1.54) is 5.56 Å². The van der Waals surface area contributed by atoms with Crippen molar-refractivity contribution in [2.75, 3.05) is 32.6 Å². The van der Waals surface area contributed by atoms with E-state index in [0.29, 0.717) is 18.0 Å². The molecule has 9 heteroatoms. The number of nitrogens with one attached hydrogen (secondary N) is 3. The number of fused-ring (bicyclic) bond motifs is 4. The Bertz CT molecular complexity index is 1750. The largest absolute Gasteiger partial charge is 0.381 e. The molecule has 0 bridgehead atoms. The Morgan fingerprint density at radius 2 is 1.90 bits per heavy atom. The third kappa shape index (κ3) is 4.27. The van der Waals surface area contributed by atoms with E-state index >= 15 is 0 Å². The Kier molecular flexibility index (Phi) is 6.17. The molecule has 1 amide bonds. The maximum atomic E-state index is 13.1. The first-order chi connectivity index (χ1) is 19.6. The molecule has 7 rings (SSSR count). The average Bonchev–Trinajstić information content (AvgIpc) is 3.55. The van der Waals surface area contributed by atoms with Crippen LogP contribution in [0.1, 0.15) is 45.9 Å². The van der Waals surface area contributed by atoms with E-state index < -0.39 is 0 Å². The highest BCUT2D eigenvalue weighted by molar-refractivity contribution is 6.13. The second-order valence-corrected chi connectivity index (χ2v) is 10.8. The molecule has 1 fully saturated rings. The summed E-state index contributed by atoms with van der Waals surface area (Å²) in [6.07, 6.45) is 3.60. The number of anilines is 2. The molecule has 0 spiro atoms. The Hall–Kier alpha value is -4.34. The molecule has 0 saturated carbocycles. The second kappa shape index (κ2) is 10.0. The van der Waals surface area contributed by atoms with Crippen LogP contribution in [-0.2, 0) is 17.8 Å². The highest BCUT2D eigenvalue weighted by Gasteiger charge is 2.28. The molecule has 0 unspecified atom stereocenters. The molecule has 5 aromatic rings. The third-order valence-corrected chi connectivity index (χ3v) is 7.92. The zero-order chi connectivity index (χ0) is 27.2. The summed E-state index contributed by atoms with van der Waals surface area (Å²) in [5.41, 5.74) is 8.16. The summed E-state index contributed by atoms with van der Waals surface area (Å²) in [5, 5.41) is 8.50. The lowest BCUT2D eigenvalue weighted by molar-refractivity contribution is 0.0849. The molecule has 2 aromatic carbocycles. The lowest BCUT2D eigenvalue weighted by Gasteiger charge is -2.25. The normalized spacial score (nSPS) is 15.6. The second-order valence-electron chi connectivity index (χ2n) is 10.8. The van der Waals surface area contributed by atoms with Gasteiger partial charge in [-0.3, -0.25) is 4.79 Å². The Morgan fingerprint density at radius 3 is 2.75 bits per heavy atom. The van der Waals surface area contributed by atoms with E-state index in [1.54, 1.807) is 6.33 Å². The maximum absolute atomic E-state index is 13.1. The molecule has 3 N–H and O–H groups in total. The predicted molar refractivity (Wildman–Crippen MR) is 156 cm³/mol. The van der Waals surface area contributed by atoms with Gasteiger partial charge in [0.1, 0.15) is 17.8 Å². The number of aromatic amines is 1. The lowest BCUT2D eigenvalue weighted by atomic mass is 9.90. The number of amides is 1. The molecule has 3 aromatic heterocycles. The lowest BCUT2D eigenvalue weighted by Crippen LogP contribution is -2.19. The highest BCUT2D eigenvalue weighted by atomic mass is 16.5. The highest BCUT2D eigenvalue weighted by Crippen LogP contribution is 2.39. The van der Waals surface area contributed by atoms with Crippen molar-refractivity contribution in [2.24, 2.45) is 0 Å². The van der Waals surface area contributed by atoms with Crippen molar-refractivity contribution in [1.29, 1.82) is 0 Å². The van der Waals surface area contributed by atoms with Crippen LogP contribution in [0.15, 0.2) is 54.9 Å². The summed E-state index contributed by atoms with van der Waals surface area (Å²) < 4.78 is 5.59. The minimum Gasteiger partial charge on any atom is -0.381 e. The van der Waals surface area contributed by atoms with Crippen molar-refractivity contribution in [1.82, 2.24) is 30.2 Å². The summed E-state index contributed by atoms with van der Waals surface area (Å²) in [6.45, 7) is 2.76. The van der Waals surface area contributed by atoms with Gasteiger partial charge in [-0.15, -0.1) is 0 Å². The monoisotopic (exact) mass is 533 g/mol. The van der Waals surface area contributed by atoms with Crippen LogP contribution >= 0.6 is 0 Å². The fourth-order valence-electron chi connectivity index (χ4n) is 6.08. The SMILES string of the molecule is CN(C)Cc1nc(Nc2ccc(-c3ncnc4[nH]c5ccccc5c34)c3c2C(=O)NC3)ccc1C1CCOCC1. The van der Waals surface area contributed by atoms with Crippen molar-refractivity contribution in [3.05, 3.63) is 77.2 Å². The molecule has 1 saturated heterocycles. The van der Waals surface area contributed by atoms with Gasteiger partial charge >= 0.3 is 0 Å². The van der Waals surface area contributed by atoms with Gasteiger partial charge in [0.25, 0.3) is 5.91 Å². The van der Waals surface area contributed by atoms with Crippen LogP contribution in [0.4, 0.5) is 11.5 Å². The molecule has 202 valence electrons. The van der Waals surface area contributed by atoms with Crippen LogP contribution in [0.3, 0.4) is 0 Å². The smallest absolute Gasteiger partial charge is 0.254 e. The molecule has 0 aliphatic carbocycles. The van der Waals surface area contributed by atoms with Gasteiger partial charge < -0.3 is 25.3 Å². The summed E-state index contributed by atoms with van der Waals surface area (Å²) in [5.74, 6) is 1.08. The standard InChI is InChI=1S/C31H31N7O2/c1-38(2)16-25-19(18-11-13-40-14-12-18)8-10-26(36-25)35-24-9-7-20(22-15-32-31(39)27(22)24)29-28-21-5-3-4-6-23(21)37-30(28)34-17-33-29/h3-10,17-18H,11-16H2,1-2H3,(H,32,39)(H,35,36)(H,33,34,37). The number of pyridine rings is 1. The van der Waals surface area contributed by atoms with E-state index in [1.807, 2.05) is 36.4 Å². The predicted octanol–water partition coefficient (Wildman–Crippen LogP) is 5.12. The number of hydrogen-bond donors (Lipinski definition) is 3. The molecule has 0 atom stereocenters. The first-order valence-electron chi connectivity index (χ1n) is 13.7. The van der Waals surface area contributed by atoms with Crippen LogP contribution in [0.5, 0.6) is 0 Å². The van der Waals surface area contributed by atoms with Gasteiger partial charge in [0, 0.05) is 42.8 Å². The van der Waals surface area contributed by atoms with E-state index in [0.717, 1.165) is 88.6 Å². The molecule has 9 nitrogen and oxygen atoms in total. The average molecular weight is 534 g/mol. The van der Waals surface area contributed by atoms with Crippen molar-refractivity contribution in [3.8, 4) is 11.3 Å². The Labute approximate surface area is 232 Å². The topological polar surface area (TPSA) is 108 Å². The number of aromatic nitrogens is 4. The minimum absolute atomic E-state index is 0.101. The quantitative estimate of drug-likeness (QED) is 0.278. The summed E-state index contributed by atoms with van der Waals surface area (Å²) in [4.78, 5) is 32.9. The van der Waals surface area contributed by atoms with Gasteiger partial charge in [0.05, 0.1) is 28.0 Å². The van der Waals surface area contributed by atoms with E-state index in [9.17, 15) is 4.79 Å². The van der Waals surface area contributed by atoms with Gasteiger partial charge in [-0.05, 0) is 62.2 Å².